The Hall–Kier alpha value is -1.42. The molecule has 80 valence electrons. The zero-order valence-corrected chi connectivity index (χ0v) is 8.73. The number of rotatable bonds is 2. The van der Waals surface area contributed by atoms with Gasteiger partial charge < -0.3 is 5.11 Å². The summed E-state index contributed by atoms with van der Waals surface area (Å²) in [7, 11) is 0. The minimum Gasteiger partial charge on any atom is -0.478 e. The molecule has 1 aliphatic rings. The van der Waals surface area contributed by atoms with E-state index in [9.17, 15) is 4.79 Å². The van der Waals surface area contributed by atoms with Gasteiger partial charge in [-0.05, 0) is 24.6 Å². The number of hydrogen-bond donors (Lipinski definition) is 1. The fourth-order valence-corrected chi connectivity index (χ4v) is 1.85. The van der Waals surface area contributed by atoms with Gasteiger partial charge in [0.1, 0.15) is 0 Å². The molecule has 0 bridgehead atoms. The van der Waals surface area contributed by atoms with Crippen molar-refractivity contribution < 1.29 is 9.90 Å². The van der Waals surface area contributed by atoms with Gasteiger partial charge in [0.15, 0.2) is 0 Å². The first kappa shape index (κ1) is 10.1. The highest BCUT2D eigenvalue weighted by atomic mass is 16.4. The quantitative estimate of drug-likeness (QED) is 0.788. The molecule has 0 amide bonds. The molecule has 0 radical (unpaired) electrons. The Morgan fingerprint density at radius 2 is 2.47 bits per heavy atom. The van der Waals surface area contributed by atoms with E-state index in [1.165, 1.54) is 6.20 Å². The summed E-state index contributed by atoms with van der Waals surface area (Å²) in [5.41, 5.74) is 2.39. The number of aromatic nitrogens is 1. The lowest BCUT2D eigenvalue weighted by molar-refractivity contribution is 0.0696. The van der Waals surface area contributed by atoms with Crippen LogP contribution in [-0.4, -0.2) is 34.0 Å². The largest absolute Gasteiger partial charge is 0.478 e. The minimum absolute atomic E-state index is 0.290. The van der Waals surface area contributed by atoms with Crippen molar-refractivity contribution in [2.24, 2.45) is 0 Å². The molecule has 0 atom stereocenters. The topological polar surface area (TPSA) is 53.4 Å². The van der Waals surface area contributed by atoms with Gasteiger partial charge in [0, 0.05) is 19.3 Å². The van der Waals surface area contributed by atoms with Crippen molar-refractivity contribution in [3.05, 3.63) is 29.1 Å². The van der Waals surface area contributed by atoms with Crippen LogP contribution in [0.2, 0.25) is 0 Å². The third-order valence-electron chi connectivity index (χ3n) is 2.82. The van der Waals surface area contributed by atoms with Crippen LogP contribution in [-0.2, 0) is 13.0 Å². The summed E-state index contributed by atoms with van der Waals surface area (Å²) in [5.74, 6) is -0.900. The maximum absolute atomic E-state index is 10.8. The molecule has 15 heavy (non-hydrogen) atoms. The van der Waals surface area contributed by atoms with E-state index in [4.69, 9.17) is 5.11 Å². The summed E-state index contributed by atoms with van der Waals surface area (Å²) < 4.78 is 0. The van der Waals surface area contributed by atoms with Crippen molar-refractivity contribution in [1.82, 2.24) is 9.88 Å². The van der Waals surface area contributed by atoms with Gasteiger partial charge in [-0.1, -0.05) is 6.92 Å². The van der Waals surface area contributed by atoms with E-state index in [0.717, 1.165) is 37.3 Å². The van der Waals surface area contributed by atoms with Crippen LogP contribution in [0.15, 0.2) is 12.3 Å². The highest BCUT2D eigenvalue weighted by molar-refractivity contribution is 5.87. The van der Waals surface area contributed by atoms with E-state index >= 15 is 0 Å². The van der Waals surface area contributed by atoms with Crippen LogP contribution in [0.5, 0.6) is 0 Å². The Labute approximate surface area is 88.6 Å². The van der Waals surface area contributed by atoms with Crippen molar-refractivity contribution in [3.8, 4) is 0 Å². The van der Waals surface area contributed by atoms with E-state index in [-0.39, 0.29) is 0 Å². The predicted molar refractivity (Wildman–Crippen MR) is 55.9 cm³/mol. The average Bonchev–Trinajstić information content (AvgIpc) is 2.27. The number of carboxylic acids is 1. The number of fused-ring (bicyclic) bond motifs is 1. The third kappa shape index (κ3) is 1.99. The predicted octanol–water partition coefficient (Wildman–Crippen LogP) is 1.16. The summed E-state index contributed by atoms with van der Waals surface area (Å²) >= 11 is 0. The molecular weight excluding hydrogens is 192 g/mol. The molecule has 0 aromatic carbocycles. The fraction of sp³-hybridized carbons (Fsp3) is 0.455. The molecule has 0 aliphatic carbocycles. The third-order valence-corrected chi connectivity index (χ3v) is 2.82. The first-order chi connectivity index (χ1) is 7.20. The van der Waals surface area contributed by atoms with Crippen LogP contribution < -0.4 is 0 Å². The molecule has 0 saturated heterocycles. The number of carbonyl (C=O) groups is 1. The summed E-state index contributed by atoms with van der Waals surface area (Å²) in [4.78, 5) is 17.3. The van der Waals surface area contributed by atoms with Crippen molar-refractivity contribution >= 4 is 5.97 Å². The van der Waals surface area contributed by atoms with Crippen LogP contribution in [0, 0.1) is 0 Å². The zero-order valence-electron chi connectivity index (χ0n) is 8.73. The highest BCUT2D eigenvalue weighted by Gasteiger charge is 2.17. The number of aromatic carboxylic acids is 1. The highest BCUT2D eigenvalue weighted by Crippen LogP contribution is 2.17. The van der Waals surface area contributed by atoms with E-state index in [1.54, 1.807) is 6.07 Å². The second-order valence-corrected chi connectivity index (χ2v) is 3.75. The van der Waals surface area contributed by atoms with E-state index < -0.39 is 5.97 Å². The lowest BCUT2D eigenvalue weighted by Gasteiger charge is -2.26. The Bertz CT molecular complexity index is 390. The Balaban J connectivity index is 2.28. The van der Waals surface area contributed by atoms with Crippen molar-refractivity contribution in [1.29, 1.82) is 0 Å². The molecular formula is C11H14N2O2. The molecule has 1 N–H and O–H groups in total. The standard InChI is InChI=1S/C11H14N2O2/c1-2-13-4-3-8-5-9(11(14)15)6-12-10(8)7-13/h5-6H,2-4,7H2,1H3,(H,14,15). The summed E-state index contributed by atoms with van der Waals surface area (Å²) in [6.07, 6.45) is 2.34. The first-order valence-electron chi connectivity index (χ1n) is 5.14. The van der Waals surface area contributed by atoms with Crippen LogP contribution in [0.4, 0.5) is 0 Å². The van der Waals surface area contributed by atoms with E-state index in [0.29, 0.717) is 5.56 Å². The van der Waals surface area contributed by atoms with Gasteiger partial charge in [0.05, 0.1) is 11.3 Å². The second-order valence-electron chi connectivity index (χ2n) is 3.75. The second kappa shape index (κ2) is 3.98. The van der Waals surface area contributed by atoms with Gasteiger partial charge in [-0.3, -0.25) is 9.88 Å². The lowest BCUT2D eigenvalue weighted by atomic mass is 10.0. The molecule has 0 fully saturated rings. The first-order valence-corrected chi connectivity index (χ1v) is 5.14. The number of likely N-dealkylation sites (N-methyl/N-ethyl adjacent to an activating group) is 1. The number of nitrogens with zero attached hydrogens (tertiary/aromatic N) is 2. The van der Waals surface area contributed by atoms with E-state index in [1.807, 2.05) is 0 Å². The van der Waals surface area contributed by atoms with Crippen LogP contribution in [0.1, 0.15) is 28.5 Å². The monoisotopic (exact) mass is 206 g/mol. The average molecular weight is 206 g/mol. The molecule has 1 aliphatic heterocycles. The van der Waals surface area contributed by atoms with Gasteiger partial charge in [0.2, 0.25) is 0 Å². The number of pyridine rings is 1. The summed E-state index contributed by atoms with van der Waals surface area (Å²) in [6.45, 7) is 4.97. The minimum atomic E-state index is -0.900. The molecule has 2 heterocycles. The lowest BCUT2D eigenvalue weighted by Crippen LogP contribution is -2.31. The van der Waals surface area contributed by atoms with Gasteiger partial charge in [-0.25, -0.2) is 4.79 Å². The molecule has 1 aromatic heterocycles. The molecule has 4 heteroatoms. The van der Waals surface area contributed by atoms with Gasteiger partial charge in [-0.2, -0.15) is 0 Å². The molecule has 1 aromatic rings. The summed E-state index contributed by atoms with van der Waals surface area (Å²) in [6, 6.07) is 1.75. The van der Waals surface area contributed by atoms with Crippen molar-refractivity contribution in [2.45, 2.75) is 19.9 Å². The fourth-order valence-electron chi connectivity index (χ4n) is 1.85. The van der Waals surface area contributed by atoms with Crippen LogP contribution in [0.25, 0.3) is 0 Å². The SMILES string of the molecule is CCN1CCc2cc(C(=O)O)cnc2C1. The Morgan fingerprint density at radius 3 is 3.13 bits per heavy atom. The Morgan fingerprint density at radius 1 is 1.67 bits per heavy atom. The zero-order chi connectivity index (χ0) is 10.8. The van der Waals surface area contributed by atoms with Gasteiger partial charge in [0.25, 0.3) is 0 Å². The Kier molecular flexibility index (Phi) is 2.68. The number of carboxylic acid groups (broad SMARTS) is 1. The van der Waals surface area contributed by atoms with Gasteiger partial charge in [-0.15, -0.1) is 0 Å². The molecule has 4 nitrogen and oxygen atoms in total. The maximum atomic E-state index is 10.8. The van der Waals surface area contributed by atoms with Gasteiger partial charge >= 0.3 is 5.97 Å². The van der Waals surface area contributed by atoms with Crippen molar-refractivity contribution in [2.75, 3.05) is 13.1 Å². The summed E-state index contributed by atoms with van der Waals surface area (Å²) in [5, 5.41) is 8.83. The van der Waals surface area contributed by atoms with Crippen LogP contribution in [0.3, 0.4) is 0 Å². The van der Waals surface area contributed by atoms with Crippen LogP contribution >= 0.6 is 0 Å². The number of hydrogen-bond acceptors (Lipinski definition) is 3. The molecule has 2 rings (SSSR count). The smallest absolute Gasteiger partial charge is 0.337 e. The van der Waals surface area contributed by atoms with Crippen molar-refractivity contribution in [3.63, 3.8) is 0 Å². The van der Waals surface area contributed by atoms with E-state index in [2.05, 4.69) is 16.8 Å². The molecule has 0 saturated carbocycles. The molecule has 0 unspecified atom stereocenters. The normalized spacial score (nSPS) is 16.1. The maximum Gasteiger partial charge on any atom is 0.337 e. The molecule has 0 spiro atoms.